The number of pyridine rings is 1. The van der Waals surface area contributed by atoms with Crippen molar-refractivity contribution in [1.29, 1.82) is 0 Å². The Labute approximate surface area is 151 Å². The largest absolute Gasteiger partial charge is 0.352 e. The highest BCUT2D eigenvalue weighted by Crippen LogP contribution is 2.26. The zero-order valence-electron chi connectivity index (χ0n) is 13.3. The minimum absolute atomic E-state index is 0.122. The van der Waals surface area contributed by atoms with Crippen molar-refractivity contribution < 1.29 is 4.79 Å². The lowest BCUT2D eigenvalue weighted by molar-refractivity contribution is 0.0937. The summed E-state index contributed by atoms with van der Waals surface area (Å²) < 4.78 is 0.454. The average Bonchev–Trinajstić information content (AvgIpc) is 3.10. The molecular formula is C18H20ClN3OS. The van der Waals surface area contributed by atoms with Gasteiger partial charge >= 0.3 is 0 Å². The van der Waals surface area contributed by atoms with Gasteiger partial charge in [0, 0.05) is 17.8 Å². The molecule has 1 aliphatic rings. The first-order chi connectivity index (χ1) is 11.6. The van der Waals surface area contributed by atoms with E-state index in [0.717, 1.165) is 18.7 Å². The quantitative estimate of drug-likeness (QED) is 0.792. The van der Waals surface area contributed by atoms with Gasteiger partial charge in [-0.25, -0.2) is 0 Å². The Morgan fingerprint density at radius 1 is 1.29 bits per heavy atom. The first-order valence-corrected chi connectivity index (χ1v) is 8.89. The van der Waals surface area contributed by atoms with Gasteiger partial charge in [0.15, 0.2) is 0 Å². The van der Waals surface area contributed by atoms with Gasteiger partial charge in [-0.05, 0) is 55.8 Å². The Morgan fingerprint density at radius 3 is 2.79 bits per heavy atom. The maximum absolute atomic E-state index is 12.4. The highest BCUT2D eigenvalue weighted by Gasteiger charge is 2.24. The van der Waals surface area contributed by atoms with Gasteiger partial charge in [-0.1, -0.05) is 36.0 Å². The standard InChI is InChI=1S/C18H20ClN3OS/c19-14-6-3-5-13(11-14)16(22-9-1-2-10-22)12-21-17(23)15-7-4-8-20-18(15)24/h3-8,11,16H,1-2,9-10,12H2,(H,20,24)(H,21,23)/t16-/m0/s1. The molecule has 1 aliphatic heterocycles. The Kier molecular flexibility index (Phi) is 5.66. The van der Waals surface area contributed by atoms with Gasteiger partial charge < -0.3 is 10.3 Å². The molecule has 2 heterocycles. The molecule has 1 amide bonds. The molecule has 0 unspecified atom stereocenters. The lowest BCUT2D eigenvalue weighted by Gasteiger charge is -2.28. The molecule has 2 N–H and O–H groups in total. The second kappa shape index (κ2) is 7.92. The molecule has 1 aromatic carbocycles. The van der Waals surface area contributed by atoms with Crippen molar-refractivity contribution in [3.8, 4) is 0 Å². The van der Waals surface area contributed by atoms with E-state index in [1.807, 2.05) is 18.2 Å². The first-order valence-electron chi connectivity index (χ1n) is 8.10. The number of amides is 1. The van der Waals surface area contributed by atoms with Crippen molar-refractivity contribution in [1.82, 2.24) is 15.2 Å². The molecule has 0 radical (unpaired) electrons. The van der Waals surface area contributed by atoms with Crippen LogP contribution in [0.5, 0.6) is 0 Å². The smallest absolute Gasteiger partial charge is 0.254 e. The lowest BCUT2D eigenvalue weighted by Crippen LogP contribution is -2.37. The van der Waals surface area contributed by atoms with Crippen molar-refractivity contribution in [2.45, 2.75) is 18.9 Å². The summed E-state index contributed by atoms with van der Waals surface area (Å²) in [5.74, 6) is -0.150. The number of benzene rings is 1. The second-order valence-electron chi connectivity index (χ2n) is 5.94. The SMILES string of the molecule is O=C(NC[C@@H](c1cccc(Cl)c1)N1CCCC1)c1ccc[nH]c1=S. The topological polar surface area (TPSA) is 48.1 Å². The fourth-order valence-corrected chi connectivity index (χ4v) is 3.54. The van der Waals surface area contributed by atoms with E-state index < -0.39 is 0 Å². The van der Waals surface area contributed by atoms with E-state index in [-0.39, 0.29) is 11.9 Å². The van der Waals surface area contributed by atoms with Crippen LogP contribution in [0.1, 0.15) is 34.8 Å². The van der Waals surface area contributed by atoms with Gasteiger partial charge in [0.05, 0.1) is 11.6 Å². The number of carbonyl (C=O) groups excluding carboxylic acids is 1. The lowest BCUT2D eigenvalue weighted by atomic mass is 10.1. The van der Waals surface area contributed by atoms with Gasteiger partial charge in [0.1, 0.15) is 4.64 Å². The highest BCUT2D eigenvalue weighted by atomic mass is 35.5. The molecule has 6 heteroatoms. The molecule has 1 saturated heterocycles. The zero-order valence-corrected chi connectivity index (χ0v) is 14.9. The third-order valence-corrected chi connectivity index (χ3v) is 4.91. The van der Waals surface area contributed by atoms with Gasteiger partial charge in [-0.3, -0.25) is 9.69 Å². The molecule has 3 rings (SSSR count). The Hall–Kier alpha value is -1.69. The van der Waals surface area contributed by atoms with Gasteiger partial charge in [-0.15, -0.1) is 0 Å². The number of likely N-dealkylation sites (tertiary alicyclic amines) is 1. The Balaban J connectivity index is 1.76. The number of aromatic amines is 1. The normalized spacial score (nSPS) is 16.0. The van der Waals surface area contributed by atoms with Crippen LogP contribution in [0.25, 0.3) is 0 Å². The van der Waals surface area contributed by atoms with E-state index in [4.69, 9.17) is 23.8 Å². The molecule has 0 spiro atoms. The van der Waals surface area contributed by atoms with Crippen molar-refractivity contribution in [3.63, 3.8) is 0 Å². The van der Waals surface area contributed by atoms with Gasteiger partial charge in [0.2, 0.25) is 0 Å². The van der Waals surface area contributed by atoms with Crippen LogP contribution in [0.15, 0.2) is 42.6 Å². The van der Waals surface area contributed by atoms with Crippen molar-refractivity contribution in [2.24, 2.45) is 0 Å². The van der Waals surface area contributed by atoms with E-state index in [2.05, 4.69) is 21.3 Å². The van der Waals surface area contributed by atoms with Crippen LogP contribution in [0.3, 0.4) is 0 Å². The van der Waals surface area contributed by atoms with E-state index >= 15 is 0 Å². The number of H-pyrrole nitrogens is 1. The monoisotopic (exact) mass is 361 g/mol. The van der Waals surface area contributed by atoms with Crippen LogP contribution in [0.2, 0.25) is 5.02 Å². The fraction of sp³-hybridized carbons (Fsp3) is 0.333. The maximum atomic E-state index is 12.4. The van der Waals surface area contributed by atoms with E-state index in [1.165, 1.54) is 12.8 Å². The van der Waals surface area contributed by atoms with Crippen molar-refractivity contribution in [3.05, 3.63) is 63.4 Å². The number of halogens is 1. The highest BCUT2D eigenvalue weighted by molar-refractivity contribution is 7.71. The number of nitrogens with zero attached hydrogens (tertiary/aromatic N) is 1. The van der Waals surface area contributed by atoms with Crippen molar-refractivity contribution in [2.75, 3.05) is 19.6 Å². The molecule has 0 saturated carbocycles. The third kappa shape index (κ3) is 4.04. The summed E-state index contributed by atoms with van der Waals surface area (Å²) >= 11 is 11.3. The first kappa shape index (κ1) is 17.1. The van der Waals surface area contributed by atoms with E-state index in [1.54, 1.807) is 18.3 Å². The molecular weight excluding hydrogens is 342 g/mol. The molecule has 0 bridgehead atoms. The predicted molar refractivity (Wildman–Crippen MR) is 99.0 cm³/mol. The molecule has 24 heavy (non-hydrogen) atoms. The molecule has 2 aromatic rings. The minimum atomic E-state index is -0.150. The molecule has 1 aromatic heterocycles. The van der Waals surface area contributed by atoms with Crippen LogP contribution in [0, 0.1) is 4.64 Å². The minimum Gasteiger partial charge on any atom is -0.352 e. The van der Waals surface area contributed by atoms with Crippen LogP contribution >= 0.6 is 23.8 Å². The summed E-state index contributed by atoms with van der Waals surface area (Å²) in [5.41, 5.74) is 1.63. The average molecular weight is 362 g/mol. The number of aromatic nitrogens is 1. The van der Waals surface area contributed by atoms with E-state index in [9.17, 15) is 4.79 Å². The van der Waals surface area contributed by atoms with Gasteiger partial charge in [0.25, 0.3) is 5.91 Å². The number of carbonyl (C=O) groups is 1. The Bertz CT molecular complexity index is 771. The number of hydrogen-bond acceptors (Lipinski definition) is 3. The molecule has 126 valence electrons. The third-order valence-electron chi connectivity index (χ3n) is 4.33. The Morgan fingerprint density at radius 2 is 2.08 bits per heavy atom. The molecule has 0 aliphatic carbocycles. The predicted octanol–water partition coefficient (Wildman–Crippen LogP) is 3.96. The number of rotatable bonds is 5. The van der Waals surface area contributed by atoms with Crippen LogP contribution in [-0.2, 0) is 0 Å². The van der Waals surface area contributed by atoms with E-state index in [0.29, 0.717) is 21.8 Å². The second-order valence-corrected chi connectivity index (χ2v) is 6.78. The summed E-state index contributed by atoms with van der Waals surface area (Å²) in [6, 6.07) is 11.5. The molecule has 4 nitrogen and oxygen atoms in total. The molecule has 1 fully saturated rings. The van der Waals surface area contributed by atoms with Gasteiger partial charge in [-0.2, -0.15) is 0 Å². The maximum Gasteiger partial charge on any atom is 0.254 e. The van der Waals surface area contributed by atoms with Crippen molar-refractivity contribution >= 4 is 29.7 Å². The number of hydrogen-bond donors (Lipinski definition) is 2. The van der Waals surface area contributed by atoms with Crippen LogP contribution in [-0.4, -0.2) is 35.4 Å². The molecule has 1 atom stereocenters. The zero-order chi connectivity index (χ0) is 16.9. The van der Waals surface area contributed by atoms with Crippen LogP contribution < -0.4 is 5.32 Å². The summed E-state index contributed by atoms with van der Waals surface area (Å²) in [6.07, 6.45) is 4.10. The number of nitrogens with one attached hydrogen (secondary N) is 2. The van der Waals surface area contributed by atoms with Crippen LogP contribution in [0.4, 0.5) is 0 Å². The fourth-order valence-electron chi connectivity index (χ4n) is 3.11. The summed E-state index contributed by atoms with van der Waals surface area (Å²) in [6.45, 7) is 2.61. The summed E-state index contributed by atoms with van der Waals surface area (Å²) in [5, 5.41) is 3.74. The summed E-state index contributed by atoms with van der Waals surface area (Å²) in [7, 11) is 0. The summed E-state index contributed by atoms with van der Waals surface area (Å²) in [4.78, 5) is 17.7.